The van der Waals surface area contributed by atoms with Crippen LogP contribution < -0.4 is 15.0 Å². The number of hydrogen-bond acceptors (Lipinski definition) is 4. The first-order valence-corrected chi connectivity index (χ1v) is 8.43. The van der Waals surface area contributed by atoms with Crippen molar-refractivity contribution < 1.29 is 32.2 Å². The van der Waals surface area contributed by atoms with Crippen LogP contribution in [0, 0.1) is 0 Å². The largest absolute Gasteiger partial charge is 0.483 e. The Hall–Kier alpha value is -3.23. The van der Waals surface area contributed by atoms with Crippen LogP contribution in [0.1, 0.15) is 11.1 Å². The zero-order valence-electron chi connectivity index (χ0n) is 14.7. The predicted octanol–water partition coefficient (Wildman–Crippen LogP) is 3.36. The van der Waals surface area contributed by atoms with Gasteiger partial charge in [-0.1, -0.05) is 24.3 Å². The number of carbonyl (C=O) groups is 2. The van der Waals surface area contributed by atoms with Gasteiger partial charge in [-0.15, -0.1) is 0 Å². The number of cyclic esters (lactones) is 1. The topological polar surface area (TPSA) is 67.9 Å². The molecule has 0 unspecified atom stereocenters. The number of rotatable bonds is 6. The number of alkyl halides is 3. The minimum Gasteiger partial charge on any atom is -0.483 e. The van der Waals surface area contributed by atoms with E-state index < -0.39 is 36.1 Å². The molecule has 0 bridgehead atoms. The number of para-hydroxylation sites is 1. The van der Waals surface area contributed by atoms with Crippen LogP contribution in [0.2, 0.25) is 0 Å². The van der Waals surface area contributed by atoms with Crippen LogP contribution in [0.3, 0.4) is 0 Å². The minimum absolute atomic E-state index is 0.139. The summed E-state index contributed by atoms with van der Waals surface area (Å²) >= 11 is 0. The number of anilines is 1. The molecule has 28 heavy (non-hydrogen) atoms. The van der Waals surface area contributed by atoms with E-state index in [4.69, 9.17) is 9.47 Å². The lowest BCUT2D eigenvalue weighted by atomic mass is 10.2. The van der Waals surface area contributed by atoms with Crippen molar-refractivity contribution in [2.75, 3.05) is 24.7 Å². The number of benzene rings is 2. The second kappa shape index (κ2) is 8.20. The number of carbonyl (C=O) groups excluding carboxylic acids is 2. The van der Waals surface area contributed by atoms with Crippen molar-refractivity contribution in [2.24, 2.45) is 0 Å². The standard InChI is InChI=1S/C19H17F3N2O4/c20-19(21,22)15-6-1-2-7-16(15)28-12-17(25)23-11-13-4-3-5-14(10-13)24-8-9-27-18(24)26/h1-7,10H,8-9,11-12H2,(H,23,25). The molecule has 1 fully saturated rings. The van der Waals surface area contributed by atoms with Gasteiger partial charge in [-0.3, -0.25) is 9.69 Å². The third-order valence-electron chi connectivity index (χ3n) is 4.02. The third-order valence-corrected chi connectivity index (χ3v) is 4.02. The van der Waals surface area contributed by atoms with Gasteiger partial charge in [0.15, 0.2) is 6.61 Å². The van der Waals surface area contributed by atoms with E-state index in [1.807, 2.05) is 0 Å². The molecule has 0 radical (unpaired) electrons. The first-order chi connectivity index (χ1) is 13.3. The van der Waals surface area contributed by atoms with Crippen molar-refractivity contribution in [1.82, 2.24) is 5.32 Å². The SMILES string of the molecule is O=C(COc1ccccc1C(F)(F)F)NCc1cccc(N2CCOC2=O)c1. The smallest absolute Gasteiger partial charge is 0.419 e. The van der Waals surface area contributed by atoms with Gasteiger partial charge in [0, 0.05) is 12.2 Å². The molecule has 0 atom stereocenters. The van der Waals surface area contributed by atoms with Crippen LogP contribution in [0.15, 0.2) is 48.5 Å². The second-order valence-corrected chi connectivity index (χ2v) is 6.00. The molecule has 1 aliphatic heterocycles. The van der Waals surface area contributed by atoms with Gasteiger partial charge in [0.25, 0.3) is 5.91 Å². The molecule has 9 heteroatoms. The molecule has 0 spiro atoms. The van der Waals surface area contributed by atoms with E-state index in [0.717, 1.165) is 17.7 Å². The summed E-state index contributed by atoms with van der Waals surface area (Å²) in [5, 5.41) is 2.58. The third kappa shape index (κ3) is 4.73. The summed E-state index contributed by atoms with van der Waals surface area (Å²) in [6.07, 6.45) is -5.00. The zero-order chi connectivity index (χ0) is 20.1. The van der Waals surface area contributed by atoms with E-state index in [0.29, 0.717) is 18.8 Å². The van der Waals surface area contributed by atoms with Crippen LogP contribution >= 0.6 is 0 Å². The number of hydrogen-bond donors (Lipinski definition) is 1. The summed E-state index contributed by atoms with van der Waals surface area (Å²) in [6.45, 7) is 0.350. The fourth-order valence-electron chi connectivity index (χ4n) is 2.68. The minimum atomic E-state index is -4.57. The van der Waals surface area contributed by atoms with E-state index in [9.17, 15) is 22.8 Å². The van der Waals surface area contributed by atoms with Crippen molar-refractivity contribution in [1.29, 1.82) is 0 Å². The van der Waals surface area contributed by atoms with Crippen LogP contribution in [0.25, 0.3) is 0 Å². The molecule has 1 N–H and O–H groups in total. The van der Waals surface area contributed by atoms with Crippen molar-refractivity contribution in [3.63, 3.8) is 0 Å². The Kier molecular flexibility index (Phi) is 5.72. The van der Waals surface area contributed by atoms with E-state index in [2.05, 4.69) is 5.32 Å². The molecule has 2 aromatic carbocycles. The first-order valence-electron chi connectivity index (χ1n) is 8.43. The van der Waals surface area contributed by atoms with Crippen LogP contribution in [0.4, 0.5) is 23.7 Å². The lowest BCUT2D eigenvalue weighted by molar-refractivity contribution is -0.139. The Morgan fingerprint density at radius 2 is 1.96 bits per heavy atom. The molecule has 3 rings (SSSR count). The fourth-order valence-corrected chi connectivity index (χ4v) is 2.68. The molecule has 1 saturated heterocycles. The molecule has 0 saturated carbocycles. The fraction of sp³-hybridized carbons (Fsp3) is 0.263. The monoisotopic (exact) mass is 394 g/mol. The molecule has 2 aromatic rings. The normalized spacial score (nSPS) is 14.0. The number of amides is 2. The van der Waals surface area contributed by atoms with Gasteiger partial charge in [-0.25, -0.2) is 4.79 Å². The first kappa shape index (κ1) is 19.5. The zero-order valence-corrected chi connectivity index (χ0v) is 14.7. The molecular formula is C19H17F3N2O4. The Morgan fingerprint density at radius 1 is 1.18 bits per heavy atom. The summed E-state index contributed by atoms with van der Waals surface area (Å²) in [7, 11) is 0. The Morgan fingerprint density at radius 3 is 2.68 bits per heavy atom. The maximum Gasteiger partial charge on any atom is 0.419 e. The van der Waals surface area contributed by atoms with Gasteiger partial charge in [-0.05, 0) is 29.8 Å². The van der Waals surface area contributed by atoms with Crippen molar-refractivity contribution in [3.05, 3.63) is 59.7 Å². The summed E-state index contributed by atoms with van der Waals surface area (Å²) in [5.74, 6) is -0.970. The Bertz CT molecular complexity index is 870. The molecule has 6 nitrogen and oxygen atoms in total. The average Bonchev–Trinajstić information content (AvgIpc) is 3.10. The molecular weight excluding hydrogens is 377 g/mol. The second-order valence-electron chi connectivity index (χ2n) is 6.00. The average molecular weight is 394 g/mol. The highest BCUT2D eigenvalue weighted by Gasteiger charge is 2.34. The van der Waals surface area contributed by atoms with Crippen LogP contribution in [-0.2, 0) is 22.3 Å². The number of nitrogens with zero attached hydrogens (tertiary/aromatic N) is 1. The van der Waals surface area contributed by atoms with Crippen molar-refractivity contribution in [2.45, 2.75) is 12.7 Å². The van der Waals surface area contributed by atoms with Gasteiger partial charge in [0.2, 0.25) is 0 Å². The van der Waals surface area contributed by atoms with Crippen LogP contribution in [-0.4, -0.2) is 31.8 Å². The summed E-state index contributed by atoms with van der Waals surface area (Å²) in [5.41, 5.74) is 0.429. The Labute approximate surface area is 158 Å². The number of halogens is 3. The van der Waals surface area contributed by atoms with Gasteiger partial charge in [-0.2, -0.15) is 13.2 Å². The van der Waals surface area contributed by atoms with Gasteiger partial charge >= 0.3 is 12.3 Å². The van der Waals surface area contributed by atoms with E-state index in [-0.39, 0.29) is 6.54 Å². The predicted molar refractivity (Wildman–Crippen MR) is 93.9 cm³/mol. The molecule has 2 amide bonds. The van der Waals surface area contributed by atoms with Crippen LogP contribution in [0.5, 0.6) is 5.75 Å². The number of nitrogens with one attached hydrogen (secondary N) is 1. The van der Waals surface area contributed by atoms with E-state index >= 15 is 0 Å². The summed E-state index contributed by atoms with van der Waals surface area (Å²) < 4.78 is 48.7. The van der Waals surface area contributed by atoms with E-state index in [1.165, 1.54) is 17.0 Å². The Balaban J connectivity index is 1.55. The number of ether oxygens (including phenoxy) is 2. The highest BCUT2D eigenvalue weighted by Crippen LogP contribution is 2.35. The molecule has 0 aliphatic carbocycles. The van der Waals surface area contributed by atoms with Gasteiger partial charge in [0.1, 0.15) is 12.4 Å². The molecule has 148 valence electrons. The highest BCUT2D eigenvalue weighted by molar-refractivity contribution is 5.89. The lowest BCUT2D eigenvalue weighted by Crippen LogP contribution is -2.29. The van der Waals surface area contributed by atoms with Crippen molar-refractivity contribution >= 4 is 17.7 Å². The maximum atomic E-state index is 12.9. The summed E-state index contributed by atoms with van der Waals surface area (Å²) in [6, 6.07) is 11.7. The summed E-state index contributed by atoms with van der Waals surface area (Å²) in [4.78, 5) is 25.0. The van der Waals surface area contributed by atoms with E-state index in [1.54, 1.807) is 24.3 Å². The molecule has 0 aromatic heterocycles. The van der Waals surface area contributed by atoms with Gasteiger partial charge < -0.3 is 14.8 Å². The molecule has 1 aliphatic rings. The quantitative estimate of drug-likeness (QED) is 0.816. The lowest BCUT2D eigenvalue weighted by Gasteiger charge is -2.15. The highest BCUT2D eigenvalue weighted by atomic mass is 19.4. The van der Waals surface area contributed by atoms with Crippen molar-refractivity contribution in [3.8, 4) is 5.75 Å². The maximum absolute atomic E-state index is 12.9. The van der Waals surface area contributed by atoms with Gasteiger partial charge in [0.05, 0.1) is 12.1 Å². The molecule has 1 heterocycles.